The molecule has 0 aliphatic carbocycles. The number of likely N-dealkylation sites (N-methyl/N-ethyl adjacent to an activating group) is 1. The smallest absolute Gasteiger partial charge is 0.0227 e. The van der Waals surface area contributed by atoms with E-state index in [1.807, 2.05) is 0 Å². The normalized spacial score (nSPS) is 40.6. The molecule has 2 heterocycles. The van der Waals surface area contributed by atoms with Crippen molar-refractivity contribution in [2.24, 2.45) is 5.92 Å². The van der Waals surface area contributed by atoms with Crippen LogP contribution in [0.1, 0.15) is 20.3 Å². The molecule has 0 aromatic rings. The van der Waals surface area contributed by atoms with Crippen LogP contribution in [0.25, 0.3) is 0 Å². The van der Waals surface area contributed by atoms with Crippen molar-refractivity contribution in [3.8, 4) is 0 Å². The predicted molar refractivity (Wildman–Crippen MR) is 64.1 cm³/mol. The summed E-state index contributed by atoms with van der Waals surface area (Å²) in [5.41, 5.74) is 0. The van der Waals surface area contributed by atoms with Gasteiger partial charge in [-0.1, -0.05) is 6.92 Å². The molecule has 0 aromatic carbocycles. The summed E-state index contributed by atoms with van der Waals surface area (Å²) in [5.74, 6) is 0.843. The Balaban J connectivity index is 1.91. The Morgan fingerprint density at radius 3 is 2.60 bits per heavy atom. The molecule has 15 heavy (non-hydrogen) atoms. The number of nitrogens with zero attached hydrogens (tertiary/aromatic N) is 2. The van der Waals surface area contributed by atoms with Gasteiger partial charge in [-0.3, -0.25) is 4.90 Å². The van der Waals surface area contributed by atoms with Gasteiger partial charge in [0.25, 0.3) is 0 Å². The average molecular weight is 211 g/mol. The van der Waals surface area contributed by atoms with Crippen molar-refractivity contribution in [3.05, 3.63) is 0 Å². The lowest BCUT2D eigenvalue weighted by Gasteiger charge is -2.45. The minimum absolute atomic E-state index is 0.723. The van der Waals surface area contributed by atoms with Gasteiger partial charge in [0.1, 0.15) is 0 Å². The molecule has 2 aliphatic heterocycles. The van der Waals surface area contributed by atoms with Crippen molar-refractivity contribution in [1.29, 1.82) is 0 Å². The summed E-state index contributed by atoms with van der Waals surface area (Å²) in [6.07, 6.45) is 1.38. The van der Waals surface area contributed by atoms with Gasteiger partial charge >= 0.3 is 0 Å². The number of rotatable bonds is 1. The molecule has 3 heteroatoms. The molecule has 0 amide bonds. The van der Waals surface area contributed by atoms with Crippen molar-refractivity contribution in [2.45, 2.75) is 32.4 Å². The Bertz CT molecular complexity index is 207. The lowest BCUT2D eigenvalue weighted by atomic mass is 9.95. The topological polar surface area (TPSA) is 18.5 Å². The first-order valence-corrected chi connectivity index (χ1v) is 6.32. The Labute approximate surface area is 93.8 Å². The van der Waals surface area contributed by atoms with Gasteiger partial charge in [-0.15, -0.1) is 0 Å². The highest BCUT2D eigenvalue weighted by atomic mass is 15.3. The molecular weight excluding hydrogens is 186 g/mol. The van der Waals surface area contributed by atoms with Crippen LogP contribution in [0.5, 0.6) is 0 Å². The van der Waals surface area contributed by atoms with Crippen LogP contribution < -0.4 is 5.32 Å². The van der Waals surface area contributed by atoms with Crippen LogP contribution in [0.3, 0.4) is 0 Å². The summed E-state index contributed by atoms with van der Waals surface area (Å²) in [5, 5.41) is 3.56. The van der Waals surface area contributed by atoms with E-state index in [1.54, 1.807) is 0 Å². The molecule has 3 nitrogen and oxygen atoms in total. The molecule has 2 saturated heterocycles. The second kappa shape index (κ2) is 4.81. The molecule has 0 aromatic heterocycles. The van der Waals surface area contributed by atoms with Crippen molar-refractivity contribution >= 4 is 0 Å². The molecule has 0 spiro atoms. The quantitative estimate of drug-likeness (QED) is 0.686. The van der Waals surface area contributed by atoms with E-state index in [9.17, 15) is 0 Å². The largest absolute Gasteiger partial charge is 0.315 e. The van der Waals surface area contributed by atoms with Gasteiger partial charge in [0.2, 0.25) is 0 Å². The number of piperidine rings is 1. The van der Waals surface area contributed by atoms with E-state index in [0.717, 1.165) is 18.0 Å². The van der Waals surface area contributed by atoms with E-state index in [-0.39, 0.29) is 0 Å². The van der Waals surface area contributed by atoms with Crippen LogP contribution in [-0.2, 0) is 0 Å². The summed E-state index contributed by atoms with van der Waals surface area (Å²) < 4.78 is 0. The minimum Gasteiger partial charge on any atom is -0.315 e. The van der Waals surface area contributed by atoms with Crippen molar-refractivity contribution in [3.63, 3.8) is 0 Å². The van der Waals surface area contributed by atoms with E-state index in [2.05, 4.69) is 36.0 Å². The third-order valence-corrected chi connectivity index (χ3v) is 3.90. The van der Waals surface area contributed by atoms with Gasteiger partial charge in [-0.2, -0.15) is 0 Å². The zero-order valence-corrected chi connectivity index (χ0v) is 10.4. The average Bonchev–Trinajstić information content (AvgIpc) is 2.17. The fourth-order valence-electron chi connectivity index (χ4n) is 3.08. The van der Waals surface area contributed by atoms with Crippen molar-refractivity contribution in [1.82, 2.24) is 15.1 Å². The maximum atomic E-state index is 3.56. The molecule has 3 unspecified atom stereocenters. The van der Waals surface area contributed by atoms with Gasteiger partial charge in [0, 0.05) is 38.3 Å². The maximum absolute atomic E-state index is 3.56. The molecule has 2 rings (SSSR count). The standard InChI is InChI=1S/C12H25N3/c1-10-6-12(8-13-7-10)15-5-4-14(3)9-11(15)2/h10-13H,4-9H2,1-3H3. The fourth-order valence-corrected chi connectivity index (χ4v) is 3.08. The molecule has 3 atom stereocenters. The Morgan fingerprint density at radius 1 is 1.13 bits per heavy atom. The van der Waals surface area contributed by atoms with E-state index in [0.29, 0.717) is 0 Å². The molecular formula is C12H25N3. The molecule has 0 bridgehead atoms. The van der Waals surface area contributed by atoms with E-state index in [1.165, 1.54) is 39.1 Å². The van der Waals surface area contributed by atoms with E-state index < -0.39 is 0 Å². The van der Waals surface area contributed by atoms with Crippen LogP contribution in [0.4, 0.5) is 0 Å². The summed E-state index contributed by atoms with van der Waals surface area (Å²) in [6.45, 7) is 10.8. The first-order chi connectivity index (χ1) is 7.16. The van der Waals surface area contributed by atoms with E-state index in [4.69, 9.17) is 0 Å². The molecule has 2 fully saturated rings. The summed E-state index contributed by atoms with van der Waals surface area (Å²) in [4.78, 5) is 5.16. The number of hydrogen-bond donors (Lipinski definition) is 1. The van der Waals surface area contributed by atoms with Crippen molar-refractivity contribution in [2.75, 3.05) is 39.8 Å². The summed E-state index contributed by atoms with van der Waals surface area (Å²) >= 11 is 0. The molecule has 1 N–H and O–H groups in total. The zero-order valence-electron chi connectivity index (χ0n) is 10.4. The molecule has 0 saturated carbocycles. The second-order valence-electron chi connectivity index (χ2n) is 5.50. The number of hydrogen-bond acceptors (Lipinski definition) is 3. The van der Waals surface area contributed by atoms with Crippen LogP contribution in [-0.4, -0.2) is 61.7 Å². The lowest BCUT2D eigenvalue weighted by Crippen LogP contribution is -2.58. The lowest BCUT2D eigenvalue weighted by molar-refractivity contribution is 0.0431. The zero-order chi connectivity index (χ0) is 10.8. The number of piperazine rings is 1. The first kappa shape index (κ1) is 11.4. The fraction of sp³-hybridized carbons (Fsp3) is 1.00. The highest BCUT2D eigenvalue weighted by molar-refractivity contribution is 4.87. The SMILES string of the molecule is CC1CNCC(N2CCN(C)CC2C)C1. The van der Waals surface area contributed by atoms with Crippen molar-refractivity contribution < 1.29 is 0 Å². The van der Waals surface area contributed by atoms with Gasteiger partial charge in [0.05, 0.1) is 0 Å². The van der Waals surface area contributed by atoms with Gasteiger partial charge < -0.3 is 10.2 Å². The molecule has 88 valence electrons. The van der Waals surface area contributed by atoms with Crippen LogP contribution in [0, 0.1) is 5.92 Å². The van der Waals surface area contributed by atoms with Crippen LogP contribution in [0.2, 0.25) is 0 Å². The Kier molecular flexibility index (Phi) is 3.65. The first-order valence-electron chi connectivity index (χ1n) is 6.32. The monoisotopic (exact) mass is 211 g/mol. The Morgan fingerprint density at radius 2 is 1.93 bits per heavy atom. The Hall–Kier alpha value is -0.120. The van der Waals surface area contributed by atoms with Crippen LogP contribution in [0.15, 0.2) is 0 Å². The maximum Gasteiger partial charge on any atom is 0.0227 e. The third kappa shape index (κ3) is 2.71. The second-order valence-corrected chi connectivity index (χ2v) is 5.50. The van der Waals surface area contributed by atoms with Crippen LogP contribution >= 0.6 is 0 Å². The van der Waals surface area contributed by atoms with Gasteiger partial charge in [0.15, 0.2) is 0 Å². The number of nitrogens with one attached hydrogen (secondary N) is 1. The minimum atomic E-state index is 0.723. The van der Waals surface area contributed by atoms with E-state index >= 15 is 0 Å². The molecule has 0 radical (unpaired) electrons. The summed E-state index contributed by atoms with van der Waals surface area (Å²) in [7, 11) is 2.23. The van der Waals surface area contributed by atoms with Gasteiger partial charge in [-0.05, 0) is 32.9 Å². The highest BCUT2D eigenvalue weighted by Gasteiger charge is 2.30. The van der Waals surface area contributed by atoms with Gasteiger partial charge in [-0.25, -0.2) is 0 Å². The molecule has 2 aliphatic rings. The highest BCUT2D eigenvalue weighted by Crippen LogP contribution is 2.19. The predicted octanol–water partition coefficient (Wildman–Crippen LogP) is 0.620. The summed E-state index contributed by atoms with van der Waals surface area (Å²) in [6, 6.07) is 1.50. The third-order valence-electron chi connectivity index (χ3n) is 3.90.